The maximum Gasteiger partial charge on any atom is 0.124 e. The Labute approximate surface area is 198 Å². The van der Waals surface area contributed by atoms with Crippen LogP contribution in [0.15, 0.2) is 78.9 Å². The Kier molecular flexibility index (Phi) is 8.70. The molecule has 4 nitrogen and oxygen atoms in total. The summed E-state index contributed by atoms with van der Waals surface area (Å²) in [5.41, 5.74) is 5.87. The van der Waals surface area contributed by atoms with Gasteiger partial charge in [0.2, 0.25) is 0 Å². The lowest BCUT2D eigenvalue weighted by Gasteiger charge is -2.25. The molecular formula is C29H36N2O2. The summed E-state index contributed by atoms with van der Waals surface area (Å²) in [5, 5.41) is 9.83. The molecule has 3 rings (SSSR count). The van der Waals surface area contributed by atoms with E-state index in [0.29, 0.717) is 0 Å². The third-order valence-corrected chi connectivity index (χ3v) is 5.52. The molecule has 0 aliphatic rings. The minimum Gasteiger partial charge on any atom is -0.508 e. The fourth-order valence-electron chi connectivity index (χ4n) is 4.15. The van der Waals surface area contributed by atoms with Gasteiger partial charge in [-0.2, -0.15) is 0 Å². The lowest BCUT2D eigenvalue weighted by atomic mass is 9.88. The molecule has 0 amide bonds. The number of phenols is 1. The van der Waals surface area contributed by atoms with Gasteiger partial charge in [-0.1, -0.05) is 61.5 Å². The van der Waals surface area contributed by atoms with Gasteiger partial charge in [-0.25, -0.2) is 0 Å². The van der Waals surface area contributed by atoms with E-state index in [1.165, 1.54) is 16.7 Å². The van der Waals surface area contributed by atoms with Crippen LogP contribution >= 0.6 is 0 Å². The number of nitrogens with zero attached hydrogens (tertiary/aromatic N) is 2. The highest BCUT2D eigenvalue weighted by Crippen LogP contribution is 2.35. The van der Waals surface area contributed by atoms with Crippen LogP contribution in [0, 0.1) is 0 Å². The number of likely N-dealkylation sites (N-methyl/N-ethyl adjacent to an activating group) is 2. The number of ether oxygens (including phenoxy) is 1. The van der Waals surface area contributed by atoms with Crippen LogP contribution < -0.4 is 4.74 Å². The average Bonchev–Trinajstić information content (AvgIpc) is 2.78. The maximum absolute atomic E-state index is 9.83. The molecule has 0 atom stereocenters. The number of hydrogen-bond donors (Lipinski definition) is 1. The first-order valence-corrected chi connectivity index (χ1v) is 11.5. The van der Waals surface area contributed by atoms with Crippen molar-refractivity contribution in [2.75, 3.05) is 41.3 Å². The first-order chi connectivity index (χ1) is 15.9. The van der Waals surface area contributed by atoms with E-state index < -0.39 is 0 Å². The van der Waals surface area contributed by atoms with E-state index in [0.717, 1.165) is 36.4 Å². The smallest absolute Gasteiger partial charge is 0.124 e. The molecule has 3 aromatic carbocycles. The van der Waals surface area contributed by atoms with E-state index in [2.05, 4.69) is 93.4 Å². The number of hydrogen-bond acceptors (Lipinski definition) is 4. The number of aromatic hydroxyl groups is 1. The fraction of sp³-hybridized carbons (Fsp3) is 0.310. The second-order valence-electron chi connectivity index (χ2n) is 8.91. The predicted octanol–water partition coefficient (Wildman–Crippen LogP) is 5.63. The van der Waals surface area contributed by atoms with Gasteiger partial charge >= 0.3 is 0 Å². The van der Waals surface area contributed by atoms with Gasteiger partial charge in [0, 0.05) is 13.1 Å². The maximum atomic E-state index is 9.83. The summed E-state index contributed by atoms with van der Waals surface area (Å²) in [6, 6.07) is 26.4. The van der Waals surface area contributed by atoms with E-state index in [4.69, 9.17) is 4.74 Å². The number of phenolic OH excluding ortho intramolecular Hbond substituents is 1. The molecule has 0 saturated carbocycles. The average molecular weight is 445 g/mol. The van der Waals surface area contributed by atoms with Gasteiger partial charge in [0.05, 0.1) is 0 Å². The van der Waals surface area contributed by atoms with Crippen molar-refractivity contribution in [2.24, 2.45) is 0 Å². The molecule has 4 heteroatoms. The lowest BCUT2D eigenvalue weighted by molar-refractivity contribution is 0.128. The Bertz CT molecular complexity index is 1010. The minimum atomic E-state index is 0.0866. The Hall–Kier alpha value is -3.08. The third kappa shape index (κ3) is 6.95. The molecule has 0 bridgehead atoms. The third-order valence-electron chi connectivity index (χ3n) is 5.52. The van der Waals surface area contributed by atoms with Crippen LogP contribution in [0.2, 0.25) is 0 Å². The second kappa shape index (κ2) is 11.7. The second-order valence-corrected chi connectivity index (χ2v) is 8.91. The highest BCUT2D eigenvalue weighted by Gasteiger charge is 2.16. The zero-order chi connectivity index (χ0) is 23.8. The number of allylic oxidation sites excluding steroid dienone is 1. The van der Waals surface area contributed by atoms with Crippen LogP contribution in [-0.4, -0.2) is 62.3 Å². The van der Waals surface area contributed by atoms with E-state index in [-0.39, 0.29) is 11.9 Å². The normalized spacial score (nSPS) is 12.4. The first-order valence-electron chi connectivity index (χ1n) is 11.5. The van der Waals surface area contributed by atoms with Gasteiger partial charge < -0.3 is 19.6 Å². The van der Waals surface area contributed by atoms with Crippen LogP contribution in [0.1, 0.15) is 30.0 Å². The number of benzene rings is 3. The highest BCUT2D eigenvalue weighted by atomic mass is 16.5. The molecule has 0 saturated heterocycles. The quantitative estimate of drug-likeness (QED) is 0.411. The van der Waals surface area contributed by atoms with Gasteiger partial charge in [0.1, 0.15) is 17.6 Å². The molecule has 0 aliphatic carbocycles. The zero-order valence-corrected chi connectivity index (χ0v) is 20.5. The summed E-state index contributed by atoms with van der Waals surface area (Å²) in [5.74, 6) is 1.14. The Morgan fingerprint density at radius 3 is 1.73 bits per heavy atom. The monoisotopic (exact) mass is 444 g/mol. The molecule has 0 radical (unpaired) electrons. The summed E-state index contributed by atoms with van der Waals surface area (Å²) in [6.45, 7) is 3.90. The van der Waals surface area contributed by atoms with E-state index in [1.807, 2.05) is 18.2 Å². The molecule has 0 unspecified atom stereocenters. The summed E-state index contributed by atoms with van der Waals surface area (Å²) in [6.07, 6.45) is 0.982. The van der Waals surface area contributed by atoms with Crippen LogP contribution in [0.3, 0.4) is 0 Å². The van der Waals surface area contributed by atoms with E-state index in [9.17, 15) is 5.11 Å². The minimum absolute atomic E-state index is 0.0866. The van der Waals surface area contributed by atoms with Crippen LogP contribution in [-0.2, 0) is 0 Å². The van der Waals surface area contributed by atoms with Crippen molar-refractivity contribution in [3.05, 3.63) is 95.6 Å². The molecule has 0 fully saturated rings. The van der Waals surface area contributed by atoms with Gasteiger partial charge in [-0.05, 0) is 86.7 Å². The molecule has 1 N–H and O–H groups in total. The van der Waals surface area contributed by atoms with Gasteiger partial charge in [0.15, 0.2) is 0 Å². The molecule has 3 aromatic rings. The summed E-state index contributed by atoms with van der Waals surface area (Å²) >= 11 is 0. The Morgan fingerprint density at radius 1 is 0.727 bits per heavy atom. The fourth-order valence-corrected chi connectivity index (χ4v) is 4.15. The highest BCUT2D eigenvalue weighted by molar-refractivity contribution is 5.98. The molecule has 174 valence electrons. The summed E-state index contributed by atoms with van der Waals surface area (Å²) < 4.78 is 6.33. The summed E-state index contributed by atoms with van der Waals surface area (Å²) in [7, 11) is 8.28. The Balaban J connectivity index is 1.99. The van der Waals surface area contributed by atoms with E-state index >= 15 is 0 Å². The Morgan fingerprint density at radius 2 is 1.24 bits per heavy atom. The van der Waals surface area contributed by atoms with Crippen molar-refractivity contribution in [1.29, 1.82) is 0 Å². The van der Waals surface area contributed by atoms with Crippen molar-refractivity contribution in [1.82, 2.24) is 9.80 Å². The van der Waals surface area contributed by atoms with Crippen molar-refractivity contribution < 1.29 is 9.84 Å². The SMILES string of the molecule is CCC(=C(c1ccc(O)cc1)c1ccc(OC(CN(C)C)CN(C)C)cc1)c1ccccc1. The lowest BCUT2D eigenvalue weighted by Crippen LogP contribution is -2.38. The van der Waals surface area contributed by atoms with Gasteiger partial charge in [0.25, 0.3) is 0 Å². The van der Waals surface area contributed by atoms with Crippen molar-refractivity contribution >= 4 is 11.1 Å². The predicted molar refractivity (Wildman–Crippen MR) is 139 cm³/mol. The van der Waals surface area contributed by atoms with Gasteiger partial charge in [-0.3, -0.25) is 0 Å². The van der Waals surface area contributed by atoms with Crippen molar-refractivity contribution in [3.63, 3.8) is 0 Å². The molecule has 0 spiro atoms. The molecular weight excluding hydrogens is 408 g/mol. The van der Waals surface area contributed by atoms with Crippen LogP contribution in [0.5, 0.6) is 11.5 Å². The number of rotatable bonds is 10. The molecule has 0 aliphatic heterocycles. The molecule has 0 aromatic heterocycles. The standard InChI is InChI=1S/C29H36N2O2/c1-6-28(22-10-8-7-9-11-22)29(23-12-16-25(32)17-13-23)24-14-18-26(19-15-24)33-27(20-30(2)3)21-31(4)5/h7-19,27,32H,6,20-21H2,1-5H3. The van der Waals surface area contributed by atoms with Crippen molar-refractivity contribution in [2.45, 2.75) is 19.4 Å². The van der Waals surface area contributed by atoms with Gasteiger partial charge in [-0.15, -0.1) is 0 Å². The van der Waals surface area contributed by atoms with Crippen molar-refractivity contribution in [3.8, 4) is 11.5 Å². The summed E-state index contributed by atoms with van der Waals surface area (Å²) in [4.78, 5) is 4.31. The first kappa shape index (κ1) is 24.6. The zero-order valence-electron chi connectivity index (χ0n) is 20.5. The largest absolute Gasteiger partial charge is 0.508 e. The molecule has 0 heterocycles. The van der Waals surface area contributed by atoms with Crippen LogP contribution in [0.25, 0.3) is 11.1 Å². The van der Waals surface area contributed by atoms with E-state index in [1.54, 1.807) is 12.1 Å². The molecule has 33 heavy (non-hydrogen) atoms. The topological polar surface area (TPSA) is 35.9 Å². The van der Waals surface area contributed by atoms with Crippen LogP contribution in [0.4, 0.5) is 0 Å².